The topological polar surface area (TPSA) is 71.5 Å². The van der Waals surface area contributed by atoms with Gasteiger partial charge in [-0.2, -0.15) is 0 Å². The fourth-order valence-electron chi connectivity index (χ4n) is 2.84. The molecule has 1 saturated heterocycles. The standard InChI is InChI=1S/C17H21N3O2.2ClH/c18-10-16-9-13(12-22-16)17(21)19-14-5-4-8-20(11-14)15-6-2-1-3-7-15;;/h1-3,6-7,9,12,14H,4-5,8,10-11,18H2,(H,19,21);2*1H. The highest BCUT2D eigenvalue weighted by atomic mass is 35.5. The van der Waals surface area contributed by atoms with E-state index in [1.54, 1.807) is 6.07 Å². The summed E-state index contributed by atoms with van der Waals surface area (Å²) in [4.78, 5) is 14.6. The molecular formula is C17H23Cl2N3O2. The Morgan fingerprint density at radius 2 is 2.04 bits per heavy atom. The van der Waals surface area contributed by atoms with Gasteiger partial charge in [-0.15, -0.1) is 24.8 Å². The van der Waals surface area contributed by atoms with Gasteiger partial charge in [-0.3, -0.25) is 4.79 Å². The molecule has 1 aromatic carbocycles. The molecule has 1 aromatic heterocycles. The van der Waals surface area contributed by atoms with Crippen LogP contribution in [0.15, 0.2) is 47.1 Å². The van der Waals surface area contributed by atoms with E-state index in [0.29, 0.717) is 17.9 Å². The van der Waals surface area contributed by atoms with E-state index >= 15 is 0 Å². The van der Waals surface area contributed by atoms with Crippen molar-refractivity contribution in [3.8, 4) is 0 Å². The number of anilines is 1. The molecule has 1 fully saturated rings. The molecule has 7 heteroatoms. The molecule has 2 aromatic rings. The number of para-hydroxylation sites is 1. The van der Waals surface area contributed by atoms with Crippen LogP contribution in [0, 0.1) is 0 Å². The Labute approximate surface area is 154 Å². The molecule has 1 aliphatic heterocycles. The van der Waals surface area contributed by atoms with Gasteiger partial charge in [-0.25, -0.2) is 0 Å². The number of halogens is 2. The summed E-state index contributed by atoms with van der Waals surface area (Å²) in [5, 5.41) is 3.09. The third-order valence-electron chi connectivity index (χ3n) is 4.00. The Morgan fingerprint density at radius 1 is 1.29 bits per heavy atom. The van der Waals surface area contributed by atoms with Crippen molar-refractivity contribution in [2.24, 2.45) is 5.73 Å². The zero-order chi connectivity index (χ0) is 15.4. The third kappa shape index (κ3) is 4.90. The molecule has 0 bridgehead atoms. The van der Waals surface area contributed by atoms with Gasteiger partial charge >= 0.3 is 0 Å². The number of rotatable bonds is 4. The van der Waals surface area contributed by atoms with Crippen molar-refractivity contribution in [3.05, 3.63) is 54.0 Å². The Bertz CT molecular complexity index is 634. The lowest BCUT2D eigenvalue weighted by Crippen LogP contribution is -2.47. The molecular weight excluding hydrogens is 349 g/mol. The Hall–Kier alpha value is -1.69. The number of benzene rings is 1. The average molecular weight is 372 g/mol. The minimum Gasteiger partial charge on any atom is -0.467 e. The van der Waals surface area contributed by atoms with Crippen molar-refractivity contribution < 1.29 is 9.21 Å². The quantitative estimate of drug-likeness (QED) is 0.866. The molecule has 1 amide bonds. The van der Waals surface area contributed by atoms with E-state index in [-0.39, 0.29) is 36.8 Å². The molecule has 1 atom stereocenters. The van der Waals surface area contributed by atoms with Crippen LogP contribution in [-0.2, 0) is 6.54 Å². The van der Waals surface area contributed by atoms with E-state index in [1.165, 1.54) is 12.0 Å². The number of piperidine rings is 1. The highest BCUT2D eigenvalue weighted by molar-refractivity contribution is 5.94. The summed E-state index contributed by atoms with van der Waals surface area (Å²) in [6, 6.07) is 12.2. The van der Waals surface area contributed by atoms with Crippen LogP contribution in [0.5, 0.6) is 0 Å². The lowest BCUT2D eigenvalue weighted by molar-refractivity contribution is 0.0932. The van der Waals surface area contributed by atoms with Gasteiger partial charge in [0.15, 0.2) is 0 Å². The van der Waals surface area contributed by atoms with Crippen LogP contribution < -0.4 is 16.0 Å². The first-order chi connectivity index (χ1) is 10.8. The highest BCUT2D eigenvalue weighted by Gasteiger charge is 2.22. The number of amides is 1. The normalized spacial score (nSPS) is 16.7. The maximum atomic E-state index is 12.3. The Balaban J connectivity index is 0.00000144. The van der Waals surface area contributed by atoms with Gasteiger partial charge < -0.3 is 20.4 Å². The minimum absolute atomic E-state index is 0. The maximum absolute atomic E-state index is 12.3. The summed E-state index contributed by atoms with van der Waals surface area (Å²) in [5.41, 5.74) is 7.24. The number of hydrogen-bond donors (Lipinski definition) is 2. The van der Waals surface area contributed by atoms with Gasteiger partial charge in [0.25, 0.3) is 5.91 Å². The third-order valence-corrected chi connectivity index (χ3v) is 4.00. The van der Waals surface area contributed by atoms with Crippen LogP contribution in [-0.4, -0.2) is 25.0 Å². The molecule has 3 N–H and O–H groups in total. The second-order valence-corrected chi connectivity index (χ2v) is 5.60. The zero-order valence-corrected chi connectivity index (χ0v) is 14.9. The van der Waals surface area contributed by atoms with Crippen molar-refractivity contribution >= 4 is 36.4 Å². The molecule has 0 spiro atoms. The molecule has 24 heavy (non-hydrogen) atoms. The van der Waals surface area contributed by atoms with Crippen LogP contribution in [0.3, 0.4) is 0 Å². The SMILES string of the molecule is Cl.Cl.NCc1cc(C(=O)NC2CCCN(c3ccccc3)C2)co1. The summed E-state index contributed by atoms with van der Waals surface area (Å²) < 4.78 is 5.22. The van der Waals surface area contributed by atoms with Gasteiger partial charge in [0, 0.05) is 24.8 Å². The molecule has 3 rings (SSSR count). The molecule has 132 valence electrons. The summed E-state index contributed by atoms with van der Waals surface area (Å²) >= 11 is 0. The smallest absolute Gasteiger partial charge is 0.254 e. The lowest BCUT2D eigenvalue weighted by Gasteiger charge is -2.34. The van der Waals surface area contributed by atoms with Crippen molar-refractivity contribution in [2.75, 3.05) is 18.0 Å². The maximum Gasteiger partial charge on any atom is 0.254 e. The second-order valence-electron chi connectivity index (χ2n) is 5.60. The van der Waals surface area contributed by atoms with Crippen molar-refractivity contribution in [3.63, 3.8) is 0 Å². The number of carbonyl (C=O) groups is 1. The largest absolute Gasteiger partial charge is 0.467 e. The Morgan fingerprint density at radius 3 is 2.71 bits per heavy atom. The fourth-order valence-corrected chi connectivity index (χ4v) is 2.84. The van der Waals surface area contributed by atoms with Crippen LogP contribution in [0.2, 0.25) is 0 Å². The summed E-state index contributed by atoms with van der Waals surface area (Å²) in [7, 11) is 0. The summed E-state index contributed by atoms with van der Waals surface area (Å²) in [6.07, 6.45) is 3.53. The number of nitrogens with two attached hydrogens (primary N) is 1. The first kappa shape index (κ1) is 20.4. The first-order valence-corrected chi connectivity index (χ1v) is 7.64. The van der Waals surface area contributed by atoms with E-state index in [1.807, 2.05) is 18.2 Å². The second kappa shape index (κ2) is 9.57. The molecule has 2 heterocycles. The number of nitrogens with one attached hydrogen (secondary N) is 1. The van der Waals surface area contributed by atoms with Gasteiger partial charge in [0.05, 0.1) is 12.1 Å². The zero-order valence-electron chi connectivity index (χ0n) is 13.3. The predicted molar refractivity (Wildman–Crippen MR) is 100 cm³/mol. The van der Waals surface area contributed by atoms with E-state index < -0.39 is 0 Å². The van der Waals surface area contributed by atoms with Gasteiger partial charge in [0.1, 0.15) is 12.0 Å². The van der Waals surface area contributed by atoms with Crippen LogP contribution in [0.25, 0.3) is 0 Å². The molecule has 1 aliphatic rings. The lowest BCUT2D eigenvalue weighted by atomic mass is 10.0. The predicted octanol–water partition coefficient (Wildman–Crippen LogP) is 2.98. The number of nitrogens with zero attached hydrogens (tertiary/aromatic N) is 1. The van der Waals surface area contributed by atoms with Crippen LogP contribution in [0.1, 0.15) is 29.0 Å². The van der Waals surface area contributed by atoms with Gasteiger partial charge in [0.2, 0.25) is 0 Å². The molecule has 0 radical (unpaired) electrons. The van der Waals surface area contributed by atoms with Crippen molar-refractivity contribution in [1.82, 2.24) is 5.32 Å². The van der Waals surface area contributed by atoms with Crippen molar-refractivity contribution in [2.45, 2.75) is 25.4 Å². The van der Waals surface area contributed by atoms with Gasteiger partial charge in [-0.05, 0) is 31.0 Å². The number of furan rings is 1. The molecule has 0 aliphatic carbocycles. The van der Waals surface area contributed by atoms with E-state index in [0.717, 1.165) is 25.9 Å². The van der Waals surface area contributed by atoms with E-state index in [2.05, 4.69) is 22.3 Å². The summed E-state index contributed by atoms with van der Waals surface area (Å²) in [5.74, 6) is 0.531. The average Bonchev–Trinajstić information content (AvgIpc) is 3.05. The first-order valence-electron chi connectivity index (χ1n) is 7.64. The fraction of sp³-hybridized carbons (Fsp3) is 0.353. The monoisotopic (exact) mass is 371 g/mol. The number of carbonyl (C=O) groups excluding carboxylic acids is 1. The number of hydrogen-bond acceptors (Lipinski definition) is 4. The molecule has 1 unspecified atom stereocenters. The highest BCUT2D eigenvalue weighted by Crippen LogP contribution is 2.19. The van der Waals surface area contributed by atoms with E-state index in [4.69, 9.17) is 10.2 Å². The van der Waals surface area contributed by atoms with Gasteiger partial charge in [-0.1, -0.05) is 18.2 Å². The molecule has 5 nitrogen and oxygen atoms in total. The van der Waals surface area contributed by atoms with Crippen LogP contribution >= 0.6 is 24.8 Å². The van der Waals surface area contributed by atoms with E-state index in [9.17, 15) is 4.79 Å². The molecule has 0 saturated carbocycles. The summed E-state index contributed by atoms with van der Waals surface area (Å²) in [6.45, 7) is 2.16. The van der Waals surface area contributed by atoms with Crippen molar-refractivity contribution in [1.29, 1.82) is 0 Å². The Kier molecular flexibility index (Phi) is 8.11. The van der Waals surface area contributed by atoms with Crippen LogP contribution in [0.4, 0.5) is 5.69 Å². The minimum atomic E-state index is -0.0941.